The van der Waals surface area contributed by atoms with Gasteiger partial charge in [-0.25, -0.2) is 4.98 Å². The molecule has 0 atom stereocenters. The molecule has 0 aliphatic carbocycles. The Morgan fingerprint density at radius 2 is 1.83 bits per heavy atom. The van der Waals surface area contributed by atoms with Gasteiger partial charge in [-0.1, -0.05) is 36.4 Å². The van der Waals surface area contributed by atoms with E-state index in [0.29, 0.717) is 11.4 Å². The Morgan fingerprint density at radius 1 is 1.04 bits per heavy atom. The van der Waals surface area contributed by atoms with Crippen LogP contribution in [0.2, 0.25) is 0 Å². The van der Waals surface area contributed by atoms with Crippen LogP contribution in [0.1, 0.15) is 10.4 Å². The highest BCUT2D eigenvalue weighted by Crippen LogP contribution is 2.18. The maximum Gasteiger partial charge on any atom is 0.258 e. The van der Waals surface area contributed by atoms with Crippen LogP contribution in [0.5, 0.6) is 0 Å². The fraction of sp³-hybridized carbons (Fsp3) is 0. The third-order valence-corrected chi connectivity index (χ3v) is 4.07. The summed E-state index contributed by atoms with van der Waals surface area (Å²) >= 11 is 7.36. The Bertz CT molecular complexity index is 875. The summed E-state index contributed by atoms with van der Waals surface area (Å²) in [7, 11) is 0. The number of carbonyl (C=O) groups excluding carboxylic acids is 1. The minimum absolute atomic E-state index is 0.219. The maximum atomic E-state index is 12.5. The lowest BCUT2D eigenvalue weighted by Crippen LogP contribution is -2.34. The van der Waals surface area contributed by atoms with Crippen LogP contribution in [0.3, 0.4) is 0 Å². The lowest BCUT2D eigenvalue weighted by molar-refractivity contribution is 0.0979. The number of pyridine rings is 1. The van der Waals surface area contributed by atoms with Crippen LogP contribution < -0.4 is 10.6 Å². The van der Waals surface area contributed by atoms with E-state index in [1.807, 2.05) is 42.5 Å². The number of anilines is 1. The van der Waals surface area contributed by atoms with Crippen molar-refractivity contribution in [2.75, 3.05) is 5.32 Å². The molecule has 0 radical (unpaired) electrons. The Balaban J connectivity index is 1.75. The lowest BCUT2D eigenvalue weighted by Gasteiger charge is -2.10. The van der Waals surface area contributed by atoms with E-state index in [9.17, 15) is 4.79 Å². The topological polar surface area (TPSA) is 54.0 Å². The quantitative estimate of drug-likeness (QED) is 0.475. The zero-order chi connectivity index (χ0) is 16.2. The van der Waals surface area contributed by atoms with E-state index in [-0.39, 0.29) is 11.0 Å². The summed E-state index contributed by atoms with van der Waals surface area (Å²) in [4.78, 5) is 16.6. The first-order valence-corrected chi connectivity index (χ1v) is 8.34. The molecule has 3 rings (SSSR count). The largest absolute Gasteiger partial charge is 0.317 e. The summed E-state index contributed by atoms with van der Waals surface area (Å²) in [6, 6.07) is 17.1. The first-order chi connectivity index (χ1) is 11.1. The van der Waals surface area contributed by atoms with E-state index in [0.717, 1.165) is 14.3 Å². The van der Waals surface area contributed by atoms with Crippen molar-refractivity contribution in [2.24, 2.45) is 0 Å². The fourth-order valence-corrected chi connectivity index (χ4v) is 2.71. The van der Waals surface area contributed by atoms with Crippen LogP contribution in [0, 0.1) is 3.57 Å². The van der Waals surface area contributed by atoms with Gasteiger partial charge < -0.3 is 5.32 Å². The third-order valence-electron chi connectivity index (χ3n) is 3.23. The van der Waals surface area contributed by atoms with Gasteiger partial charge in [-0.2, -0.15) is 0 Å². The average molecular weight is 433 g/mol. The number of carbonyl (C=O) groups is 1. The number of rotatable bonds is 2. The van der Waals surface area contributed by atoms with E-state index < -0.39 is 0 Å². The molecular formula is C17H12IN3OS. The number of benzene rings is 2. The van der Waals surface area contributed by atoms with Gasteiger partial charge in [0.1, 0.15) is 5.82 Å². The Kier molecular flexibility index (Phi) is 4.82. The Labute approximate surface area is 152 Å². The summed E-state index contributed by atoms with van der Waals surface area (Å²) in [6.45, 7) is 0. The van der Waals surface area contributed by atoms with Crippen LogP contribution in [0.25, 0.3) is 10.8 Å². The number of hydrogen-bond acceptors (Lipinski definition) is 3. The van der Waals surface area contributed by atoms with Gasteiger partial charge in [0.25, 0.3) is 5.91 Å². The SMILES string of the molecule is O=C(NC(=S)Nc1ccc(I)cn1)c1cccc2ccccc12. The normalized spacial score (nSPS) is 10.3. The molecule has 114 valence electrons. The summed E-state index contributed by atoms with van der Waals surface area (Å²) < 4.78 is 1.03. The molecule has 0 saturated carbocycles. The van der Waals surface area contributed by atoms with E-state index in [4.69, 9.17) is 12.2 Å². The monoisotopic (exact) mass is 433 g/mol. The van der Waals surface area contributed by atoms with Crippen molar-refractivity contribution in [3.63, 3.8) is 0 Å². The van der Waals surface area contributed by atoms with E-state index >= 15 is 0 Å². The van der Waals surface area contributed by atoms with E-state index in [1.54, 1.807) is 18.3 Å². The predicted molar refractivity (Wildman–Crippen MR) is 105 cm³/mol. The number of amides is 1. The van der Waals surface area contributed by atoms with Crippen LogP contribution in [-0.4, -0.2) is 16.0 Å². The Morgan fingerprint density at radius 3 is 2.61 bits per heavy atom. The van der Waals surface area contributed by atoms with Crippen LogP contribution in [0.15, 0.2) is 60.8 Å². The number of halogens is 1. The smallest absolute Gasteiger partial charge is 0.258 e. The Hall–Kier alpha value is -2.06. The molecule has 3 aromatic rings. The van der Waals surface area contributed by atoms with Gasteiger partial charge >= 0.3 is 0 Å². The summed E-state index contributed by atoms with van der Waals surface area (Å²) in [5.74, 6) is 0.346. The molecule has 0 unspecified atom stereocenters. The molecule has 2 N–H and O–H groups in total. The average Bonchev–Trinajstić information content (AvgIpc) is 2.56. The first-order valence-electron chi connectivity index (χ1n) is 6.85. The molecular weight excluding hydrogens is 421 g/mol. The predicted octanol–water partition coefficient (Wildman–Crippen LogP) is 3.97. The van der Waals surface area contributed by atoms with Crippen molar-refractivity contribution in [3.05, 3.63) is 69.9 Å². The van der Waals surface area contributed by atoms with Gasteiger partial charge in [-0.05, 0) is 63.8 Å². The van der Waals surface area contributed by atoms with Gasteiger partial charge in [-0.15, -0.1) is 0 Å². The van der Waals surface area contributed by atoms with Gasteiger partial charge in [0.15, 0.2) is 5.11 Å². The minimum atomic E-state index is -0.246. The van der Waals surface area contributed by atoms with Crippen molar-refractivity contribution in [2.45, 2.75) is 0 Å². The summed E-state index contributed by atoms with van der Waals surface area (Å²) in [6.07, 6.45) is 1.72. The van der Waals surface area contributed by atoms with Crippen LogP contribution >= 0.6 is 34.8 Å². The molecule has 0 fully saturated rings. The fourth-order valence-electron chi connectivity index (χ4n) is 2.19. The van der Waals surface area contributed by atoms with Crippen molar-refractivity contribution in [1.82, 2.24) is 10.3 Å². The second kappa shape index (κ2) is 7.01. The number of fused-ring (bicyclic) bond motifs is 1. The van der Waals surface area contributed by atoms with Gasteiger partial charge in [0, 0.05) is 15.3 Å². The zero-order valence-electron chi connectivity index (χ0n) is 11.9. The maximum absolute atomic E-state index is 12.5. The molecule has 23 heavy (non-hydrogen) atoms. The van der Waals surface area contributed by atoms with E-state index in [2.05, 4.69) is 38.2 Å². The molecule has 6 heteroatoms. The number of hydrogen-bond donors (Lipinski definition) is 2. The molecule has 0 aliphatic heterocycles. The van der Waals surface area contributed by atoms with Crippen LogP contribution in [-0.2, 0) is 0 Å². The highest BCUT2D eigenvalue weighted by molar-refractivity contribution is 14.1. The number of aromatic nitrogens is 1. The zero-order valence-corrected chi connectivity index (χ0v) is 14.9. The molecule has 1 heterocycles. The molecule has 1 amide bonds. The van der Waals surface area contributed by atoms with E-state index in [1.165, 1.54) is 0 Å². The molecule has 4 nitrogen and oxygen atoms in total. The number of thiocarbonyl (C=S) groups is 1. The third kappa shape index (κ3) is 3.83. The standard InChI is InChI=1S/C17H12IN3OS/c18-12-8-9-15(19-10-12)20-17(23)21-16(22)14-7-3-5-11-4-1-2-6-13(11)14/h1-10H,(H2,19,20,21,22,23). The second-order valence-electron chi connectivity index (χ2n) is 4.80. The minimum Gasteiger partial charge on any atom is -0.317 e. The highest BCUT2D eigenvalue weighted by atomic mass is 127. The van der Waals surface area contributed by atoms with Crippen molar-refractivity contribution >= 4 is 62.4 Å². The summed E-state index contributed by atoms with van der Waals surface area (Å²) in [5, 5.41) is 7.72. The summed E-state index contributed by atoms with van der Waals surface area (Å²) in [5.41, 5.74) is 0.586. The van der Waals surface area contributed by atoms with Crippen molar-refractivity contribution in [3.8, 4) is 0 Å². The van der Waals surface area contributed by atoms with Crippen LogP contribution in [0.4, 0.5) is 5.82 Å². The molecule has 0 saturated heterocycles. The molecule has 2 aromatic carbocycles. The highest BCUT2D eigenvalue weighted by Gasteiger charge is 2.11. The van der Waals surface area contributed by atoms with Crippen molar-refractivity contribution in [1.29, 1.82) is 0 Å². The molecule has 0 aliphatic rings. The lowest BCUT2D eigenvalue weighted by atomic mass is 10.0. The number of nitrogens with zero attached hydrogens (tertiary/aromatic N) is 1. The van der Waals surface area contributed by atoms with Gasteiger partial charge in [0.05, 0.1) is 0 Å². The first kappa shape index (κ1) is 15.8. The molecule has 0 bridgehead atoms. The molecule has 0 spiro atoms. The van der Waals surface area contributed by atoms with Gasteiger partial charge in [-0.3, -0.25) is 10.1 Å². The van der Waals surface area contributed by atoms with Gasteiger partial charge in [0.2, 0.25) is 0 Å². The number of nitrogens with one attached hydrogen (secondary N) is 2. The molecule has 1 aromatic heterocycles. The van der Waals surface area contributed by atoms with Crippen molar-refractivity contribution < 1.29 is 4.79 Å². The second-order valence-corrected chi connectivity index (χ2v) is 6.45.